The van der Waals surface area contributed by atoms with E-state index in [9.17, 15) is 19.2 Å². The smallest absolute Gasteiger partial charge is 0.338 e. The van der Waals surface area contributed by atoms with E-state index in [0.717, 1.165) is 0 Å². The molecule has 0 bridgehead atoms. The van der Waals surface area contributed by atoms with Crippen LogP contribution >= 0.6 is 0 Å². The van der Waals surface area contributed by atoms with Gasteiger partial charge in [-0.1, -0.05) is 0 Å². The van der Waals surface area contributed by atoms with E-state index in [1.165, 1.54) is 7.05 Å². The summed E-state index contributed by atoms with van der Waals surface area (Å²) < 4.78 is 0. The summed E-state index contributed by atoms with van der Waals surface area (Å²) in [6.45, 7) is 2.06. The Morgan fingerprint density at radius 3 is 1.13 bits per heavy atom. The largest absolute Gasteiger partial charge is 0.480 e. The molecule has 0 unspecified atom stereocenters. The molecule has 4 N–H and O–H groups in total. The number of carboxylic acids is 3. The summed E-state index contributed by atoms with van der Waals surface area (Å²) in [5, 5.41) is 27.4. The maximum atomic E-state index is 11.8. The molecule has 13 heteroatoms. The van der Waals surface area contributed by atoms with Crippen LogP contribution in [0.5, 0.6) is 0 Å². The van der Waals surface area contributed by atoms with Gasteiger partial charge in [0, 0.05) is 59.4 Å². The van der Waals surface area contributed by atoms with Crippen LogP contribution in [0, 0.1) is 0 Å². The minimum atomic E-state index is -1.01. The van der Waals surface area contributed by atoms with E-state index in [1.54, 1.807) is 19.6 Å². The van der Waals surface area contributed by atoms with Crippen LogP contribution in [0.25, 0.3) is 0 Å². The lowest BCUT2D eigenvalue weighted by molar-refractivity contribution is -0.151. The van der Waals surface area contributed by atoms with Crippen molar-refractivity contribution in [1.82, 2.24) is 25.1 Å². The number of aliphatic carboxylic acids is 3. The zero-order chi connectivity index (χ0) is 22.5. The first-order valence-electron chi connectivity index (χ1n) is 9.60. The maximum absolute atomic E-state index is 11.8. The topological polar surface area (TPSA) is 163 Å². The van der Waals surface area contributed by atoms with Crippen molar-refractivity contribution < 1.29 is 39.3 Å². The number of hydroxylamine groups is 1. The molecule has 13 nitrogen and oxygen atoms in total. The number of nitrogens with one attached hydrogen (secondary N) is 1. The quantitative estimate of drug-likeness (QED) is 0.275. The number of hydrogen-bond donors (Lipinski definition) is 4. The Morgan fingerprint density at radius 2 is 0.900 bits per heavy atom. The average Bonchev–Trinajstić information content (AvgIpc) is 2.62. The zero-order valence-electron chi connectivity index (χ0n) is 17.2. The molecule has 0 radical (unpaired) electrons. The highest BCUT2D eigenvalue weighted by atomic mass is 16.7. The normalized spacial score (nSPS) is 18.8. The zero-order valence-corrected chi connectivity index (χ0v) is 17.2. The predicted octanol–water partition coefficient (Wildman–Crippen LogP) is -2.86. The molecule has 0 aromatic carbocycles. The van der Waals surface area contributed by atoms with Crippen molar-refractivity contribution in [1.29, 1.82) is 0 Å². The lowest BCUT2D eigenvalue weighted by Crippen LogP contribution is -2.49. The minimum absolute atomic E-state index is 0.0339. The average molecular weight is 433 g/mol. The highest BCUT2D eigenvalue weighted by molar-refractivity contribution is 5.71. The Balaban J connectivity index is 2.92. The summed E-state index contributed by atoms with van der Waals surface area (Å²) in [6.07, 6.45) is 0. The summed E-state index contributed by atoms with van der Waals surface area (Å²) in [4.78, 5) is 56.9. The van der Waals surface area contributed by atoms with E-state index in [-0.39, 0.29) is 26.2 Å². The van der Waals surface area contributed by atoms with Gasteiger partial charge in [0.25, 0.3) is 0 Å². The molecule has 172 valence electrons. The van der Waals surface area contributed by atoms with Crippen molar-refractivity contribution in [2.75, 3.05) is 85.6 Å². The molecule has 0 amide bonds. The van der Waals surface area contributed by atoms with Crippen molar-refractivity contribution in [3.05, 3.63) is 0 Å². The fraction of sp³-hybridized carbons (Fsp3) is 0.765. The Hall–Kier alpha value is -2.32. The fourth-order valence-electron chi connectivity index (χ4n) is 3.11. The van der Waals surface area contributed by atoms with Gasteiger partial charge in [-0.25, -0.2) is 4.79 Å². The first-order chi connectivity index (χ1) is 14.2. The highest BCUT2D eigenvalue weighted by Gasteiger charge is 2.21. The van der Waals surface area contributed by atoms with E-state index in [1.807, 2.05) is 0 Å². The van der Waals surface area contributed by atoms with Gasteiger partial charge in [-0.2, -0.15) is 5.48 Å². The van der Waals surface area contributed by atoms with Crippen molar-refractivity contribution in [2.45, 2.75) is 0 Å². The number of hydrogen-bond acceptors (Lipinski definition) is 10. The van der Waals surface area contributed by atoms with Crippen LogP contribution in [-0.4, -0.2) is 144 Å². The van der Waals surface area contributed by atoms with E-state index in [0.29, 0.717) is 52.4 Å². The Kier molecular flexibility index (Phi) is 11.8. The number of rotatable bonds is 9. The van der Waals surface area contributed by atoms with Crippen molar-refractivity contribution in [3.63, 3.8) is 0 Å². The molecule has 0 aliphatic carbocycles. The van der Waals surface area contributed by atoms with Crippen LogP contribution in [0.2, 0.25) is 0 Å². The predicted molar refractivity (Wildman–Crippen MR) is 104 cm³/mol. The Labute approximate surface area is 174 Å². The van der Waals surface area contributed by atoms with Gasteiger partial charge in [0.15, 0.2) is 0 Å². The Bertz CT molecular complexity index is 558. The first kappa shape index (κ1) is 25.7. The lowest BCUT2D eigenvalue weighted by Gasteiger charge is -2.32. The van der Waals surface area contributed by atoms with Gasteiger partial charge < -0.3 is 20.2 Å². The summed E-state index contributed by atoms with van der Waals surface area (Å²) in [5.41, 5.74) is 2.31. The summed E-state index contributed by atoms with van der Waals surface area (Å²) in [7, 11) is 1.46. The first-order valence-corrected chi connectivity index (χ1v) is 9.60. The molecule has 1 rings (SSSR count). The van der Waals surface area contributed by atoms with Gasteiger partial charge in [0.2, 0.25) is 0 Å². The highest BCUT2D eigenvalue weighted by Crippen LogP contribution is 2.01. The molecule has 1 fully saturated rings. The second-order valence-electron chi connectivity index (χ2n) is 6.96. The number of carbonyl (C=O) groups excluding carboxylic acids is 1. The molecule has 0 aromatic rings. The molecule has 1 saturated heterocycles. The van der Waals surface area contributed by atoms with Crippen LogP contribution in [-0.2, 0) is 24.0 Å². The molecule has 1 heterocycles. The molecular weight excluding hydrogens is 402 g/mol. The summed E-state index contributed by atoms with van der Waals surface area (Å²) in [5.74, 6) is -3.51. The lowest BCUT2D eigenvalue weighted by atomic mass is 10.3. The third-order valence-corrected chi connectivity index (χ3v) is 4.58. The van der Waals surface area contributed by atoms with Crippen LogP contribution in [0.3, 0.4) is 0 Å². The fourth-order valence-corrected chi connectivity index (χ4v) is 3.11. The third-order valence-electron chi connectivity index (χ3n) is 4.58. The molecule has 0 aromatic heterocycles. The second-order valence-corrected chi connectivity index (χ2v) is 6.96. The van der Waals surface area contributed by atoms with Crippen molar-refractivity contribution in [2.24, 2.45) is 0 Å². The van der Waals surface area contributed by atoms with Gasteiger partial charge in [0.1, 0.15) is 0 Å². The number of nitrogens with zero attached hydrogens (tertiary/aromatic N) is 4. The number of carbonyl (C=O) groups is 4. The van der Waals surface area contributed by atoms with Crippen LogP contribution in [0.15, 0.2) is 0 Å². The summed E-state index contributed by atoms with van der Waals surface area (Å²) in [6, 6.07) is 0. The van der Waals surface area contributed by atoms with Gasteiger partial charge in [-0.05, 0) is 0 Å². The standard InChI is InChI=1S/C17H31N5O8/c1-18-30-17(29)13-22-8-6-20(11-15(25)26)4-2-19(10-14(23)24)3-5-21(7-9-22)12-16(27)28/h18H,2-13H2,1H3,(H,23,24)(H,25,26)(H,27,28). The molecule has 30 heavy (non-hydrogen) atoms. The summed E-state index contributed by atoms with van der Waals surface area (Å²) >= 11 is 0. The molecule has 0 atom stereocenters. The monoisotopic (exact) mass is 433 g/mol. The SMILES string of the molecule is CNOC(=O)CN1CCN(CC(=O)O)CCN(CC(=O)O)CCN(CC(=O)O)CC1. The number of carboxylic acid groups (broad SMARTS) is 3. The van der Waals surface area contributed by atoms with Gasteiger partial charge in [-0.15, -0.1) is 0 Å². The van der Waals surface area contributed by atoms with E-state index in [4.69, 9.17) is 20.2 Å². The van der Waals surface area contributed by atoms with Gasteiger partial charge in [-0.3, -0.25) is 34.0 Å². The molecule has 1 aliphatic heterocycles. The Morgan fingerprint density at radius 1 is 0.633 bits per heavy atom. The second kappa shape index (κ2) is 13.8. The molecule has 0 saturated carbocycles. The van der Waals surface area contributed by atoms with Crippen LogP contribution in [0.4, 0.5) is 0 Å². The molecular formula is C17H31N5O8. The van der Waals surface area contributed by atoms with Crippen LogP contribution < -0.4 is 5.48 Å². The molecule has 1 aliphatic rings. The molecule has 0 spiro atoms. The van der Waals surface area contributed by atoms with E-state index in [2.05, 4.69) is 5.48 Å². The third kappa shape index (κ3) is 11.6. The van der Waals surface area contributed by atoms with Gasteiger partial charge in [0.05, 0.1) is 26.2 Å². The maximum Gasteiger partial charge on any atom is 0.338 e. The van der Waals surface area contributed by atoms with E-state index >= 15 is 0 Å². The van der Waals surface area contributed by atoms with Gasteiger partial charge >= 0.3 is 23.9 Å². The van der Waals surface area contributed by atoms with E-state index < -0.39 is 23.9 Å². The minimum Gasteiger partial charge on any atom is -0.480 e. The van der Waals surface area contributed by atoms with Crippen molar-refractivity contribution >= 4 is 23.9 Å². The van der Waals surface area contributed by atoms with Crippen molar-refractivity contribution in [3.8, 4) is 0 Å². The van der Waals surface area contributed by atoms with Crippen LogP contribution in [0.1, 0.15) is 0 Å².